The number of nitrogens with two attached hydrogens (primary N) is 1. The van der Waals surface area contributed by atoms with Gasteiger partial charge in [-0.2, -0.15) is 0 Å². The lowest BCUT2D eigenvalue weighted by Gasteiger charge is -2.12. The van der Waals surface area contributed by atoms with Crippen molar-refractivity contribution in [1.82, 2.24) is 9.55 Å². The highest BCUT2D eigenvalue weighted by atomic mass is 16.5. The second-order valence-corrected chi connectivity index (χ2v) is 6.75. The van der Waals surface area contributed by atoms with E-state index in [4.69, 9.17) is 30.3 Å². The van der Waals surface area contributed by atoms with E-state index in [1.807, 2.05) is 24.5 Å². The van der Waals surface area contributed by atoms with Gasteiger partial charge in [0.15, 0.2) is 0 Å². The summed E-state index contributed by atoms with van der Waals surface area (Å²) in [6.45, 7) is 3.59. The number of hydrogen-bond donors (Lipinski definition) is 3. The van der Waals surface area contributed by atoms with Gasteiger partial charge in [-0.3, -0.25) is 14.2 Å². The fraction of sp³-hybridized carbons (Fsp3) is 0.261. The molecule has 0 unspecified atom stereocenters. The summed E-state index contributed by atoms with van der Waals surface area (Å²) in [5.41, 5.74) is 10.4. The van der Waals surface area contributed by atoms with E-state index in [-0.39, 0.29) is 0 Å². The maximum Gasteiger partial charge on any atom is 0.300 e. The molecule has 164 valence electrons. The van der Waals surface area contributed by atoms with Crippen molar-refractivity contribution in [3.05, 3.63) is 66.0 Å². The summed E-state index contributed by atoms with van der Waals surface area (Å²) >= 11 is 0. The highest BCUT2D eigenvalue weighted by Crippen LogP contribution is 2.32. The lowest BCUT2D eigenvalue weighted by molar-refractivity contribution is -0.135. The van der Waals surface area contributed by atoms with Gasteiger partial charge in [-0.1, -0.05) is 30.3 Å². The van der Waals surface area contributed by atoms with Gasteiger partial charge in [-0.05, 0) is 30.7 Å². The number of rotatable bonds is 4. The van der Waals surface area contributed by atoms with Crippen molar-refractivity contribution in [3.63, 3.8) is 0 Å². The van der Waals surface area contributed by atoms with Crippen LogP contribution in [0.15, 0.2) is 54.9 Å². The van der Waals surface area contributed by atoms with Gasteiger partial charge in [-0.15, -0.1) is 0 Å². The van der Waals surface area contributed by atoms with Crippen molar-refractivity contribution >= 4 is 11.9 Å². The monoisotopic (exact) mass is 425 g/mol. The van der Waals surface area contributed by atoms with Crippen LogP contribution in [0, 0.1) is 0 Å². The third-order valence-electron chi connectivity index (χ3n) is 4.26. The van der Waals surface area contributed by atoms with Gasteiger partial charge in [0.05, 0.1) is 12.3 Å². The van der Waals surface area contributed by atoms with Crippen LogP contribution in [0.4, 0.5) is 0 Å². The van der Waals surface area contributed by atoms with Crippen LogP contribution in [0.1, 0.15) is 25.0 Å². The van der Waals surface area contributed by atoms with Crippen LogP contribution in [0.2, 0.25) is 0 Å². The summed E-state index contributed by atoms with van der Waals surface area (Å²) in [4.78, 5) is 22.6. The van der Waals surface area contributed by atoms with Gasteiger partial charge in [0.2, 0.25) is 0 Å². The zero-order valence-corrected chi connectivity index (χ0v) is 17.6. The van der Waals surface area contributed by atoms with Crippen molar-refractivity contribution in [2.75, 3.05) is 13.2 Å². The Balaban J connectivity index is 0.000000370. The molecule has 0 saturated carbocycles. The van der Waals surface area contributed by atoms with E-state index in [9.17, 15) is 0 Å². The molecule has 3 aromatic rings. The largest absolute Gasteiger partial charge is 0.493 e. The van der Waals surface area contributed by atoms with E-state index in [1.165, 1.54) is 11.1 Å². The Hall–Kier alpha value is -3.65. The number of nitrogens with zero attached hydrogens (tertiary/aromatic N) is 2. The van der Waals surface area contributed by atoms with Gasteiger partial charge < -0.3 is 20.7 Å². The molecule has 0 atom stereocenters. The van der Waals surface area contributed by atoms with Gasteiger partial charge in [0, 0.05) is 43.8 Å². The van der Waals surface area contributed by atoms with Crippen LogP contribution in [0.5, 0.6) is 5.75 Å². The molecule has 2 aromatic carbocycles. The minimum atomic E-state index is -0.833. The Morgan fingerprint density at radius 1 is 1.10 bits per heavy atom. The Morgan fingerprint density at radius 2 is 1.74 bits per heavy atom. The van der Waals surface area contributed by atoms with E-state index >= 15 is 0 Å². The highest BCUT2D eigenvalue weighted by molar-refractivity contribution is 5.63. The molecular weight excluding hydrogens is 398 g/mol. The summed E-state index contributed by atoms with van der Waals surface area (Å²) in [7, 11) is 0. The number of carbonyl (C=O) groups is 2. The molecule has 1 aliphatic rings. The number of benzene rings is 2. The number of aliphatic carboxylic acids is 2. The molecule has 8 nitrogen and oxygen atoms in total. The van der Waals surface area contributed by atoms with Crippen molar-refractivity contribution in [2.24, 2.45) is 5.73 Å². The molecule has 0 saturated heterocycles. The van der Waals surface area contributed by atoms with E-state index < -0.39 is 11.9 Å². The molecule has 0 bridgehead atoms. The Labute approximate surface area is 180 Å². The number of ether oxygens (including phenoxy) is 1. The Kier molecular flexibility index (Phi) is 8.78. The van der Waals surface area contributed by atoms with Crippen LogP contribution in [0.25, 0.3) is 17.1 Å². The fourth-order valence-electron chi connectivity index (χ4n) is 3.13. The molecule has 8 heteroatoms. The molecule has 1 aliphatic heterocycles. The maximum absolute atomic E-state index is 9.00. The topological polar surface area (TPSA) is 128 Å². The number of fused-ring (bicyclic) bond motifs is 1. The van der Waals surface area contributed by atoms with Gasteiger partial charge >= 0.3 is 0 Å². The average molecular weight is 425 g/mol. The van der Waals surface area contributed by atoms with Gasteiger partial charge in [0.1, 0.15) is 11.6 Å². The predicted octanol–water partition coefficient (Wildman–Crippen LogP) is 3.16. The fourth-order valence-corrected chi connectivity index (χ4v) is 3.13. The van der Waals surface area contributed by atoms with Crippen LogP contribution in [0.3, 0.4) is 0 Å². The molecule has 4 rings (SSSR count). The van der Waals surface area contributed by atoms with E-state index in [0.717, 1.165) is 56.1 Å². The molecule has 31 heavy (non-hydrogen) atoms. The maximum atomic E-state index is 9.00. The standard InChI is InChI=1S/C19H19N3O.2C2H4O2/c20-10-8-14-4-6-15(7-5-14)19-21-11-12-22(19)17-2-1-3-18-16(17)9-13-23-18;2*1-2(3)4/h1-7,11-12H,8-10,13,20H2;2*1H3,(H,3,4). The molecule has 2 heterocycles. The van der Waals surface area contributed by atoms with Crippen LogP contribution in [-0.4, -0.2) is 44.9 Å². The SMILES string of the molecule is CC(=O)O.CC(=O)O.NCCc1ccc(-c2nccn2-c2cccc3c2CCO3)cc1. The van der Waals surface area contributed by atoms with Crippen molar-refractivity contribution in [1.29, 1.82) is 0 Å². The molecule has 1 aromatic heterocycles. The van der Waals surface area contributed by atoms with Gasteiger partial charge in [0.25, 0.3) is 11.9 Å². The van der Waals surface area contributed by atoms with Crippen molar-refractivity contribution < 1.29 is 24.5 Å². The number of carboxylic acid groups (broad SMARTS) is 2. The quantitative estimate of drug-likeness (QED) is 0.586. The molecular formula is C23H27N3O5. The molecule has 0 amide bonds. The van der Waals surface area contributed by atoms with Crippen molar-refractivity contribution in [3.8, 4) is 22.8 Å². The first-order valence-corrected chi connectivity index (χ1v) is 9.80. The van der Waals surface area contributed by atoms with E-state index in [1.54, 1.807) is 0 Å². The zero-order valence-electron chi connectivity index (χ0n) is 17.6. The number of carboxylic acids is 2. The Bertz CT molecular complexity index is 992. The molecule has 0 radical (unpaired) electrons. The second kappa shape index (κ2) is 11.5. The highest BCUT2D eigenvalue weighted by Gasteiger charge is 2.18. The zero-order chi connectivity index (χ0) is 22.8. The van der Waals surface area contributed by atoms with E-state index in [2.05, 4.69) is 39.9 Å². The summed E-state index contributed by atoms with van der Waals surface area (Å²) in [6, 6.07) is 14.7. The Morgan fingerprint density at radius 3 is 2.35 bits per heavy atom. The van der Waals surface area contributed by atoms with Crippen LogP contribution in [-0.2, 0) is 22.4 Å². The minimum absolute atomic E-state index is 0.671. The molecule has 0 spiro atoms. The number of imidazole rings is 1. The smallest absolute Gasteiger partial charge is 0.300 e. The summed E-state index contributed by atoms with van der Waals surface area (Å²) in [5.74, 6) is 0.269. The normalized spacial score (nSPS) is 11.2. The van der Waals surface area contributed by atoms with E-state index in [0.29, 0.717) is 6.54 Å². The lowest BCUT2D eigenvalue weighted by Crippen LogP contribution is -2.03. The molecule has 0 fully saturated rings. The number of aromatic nitrogens is 2. The van der Waals surface area contributed by atoms with Crippen LogP contribution >= 0.6 is 0 Å². The summed E-state index contributed by atoms with van der Waals surface area (Å²) < 4.78 is 7.82. The van der Waals surface area contributed by atoms with Gasteiger partial charge in [-0.25, -0.2) is 4.98 Å². The summed E-state index contributed by atoms with van der Waals surface area (Å²) in [5, 5.41) is 14.8. The first kappa shape index (κ1) is 23.6. The first-order valence-electron chi connectivity index (χ1n) is 9.80. The lowest BCUT2D eigenvalue weighted by atomic mass is 10.1. The second-order valence-electron chi connectivity index (χ2n) is 6.75. The third kappa shape index (κ3) is 6.97. The predicted molar refractivity (Wildman–Crippen MR) is 118 cm³/mol. The van der Waals surface area contributed by atoms with Crippen LogP contribution < -0.4 is 10.5 Å². The first-order chi connectivity index (χ1) is 14.8. The third-order valence-corrected chi connectivity index (χ3v) is 4.26. The minimum Gasteiger partial charge on any atom is -0.493 e. The molecule has 0 aliphatic carbocycles. The van der Waals surface area contributed by atoms with Crippen molar-refractivity contribution in [2.45, 2.75) is 26.7 Å². The molecule has 4 N–H and O–H groups in total. The average Bonchev–Trinajstić information content (AvgIpc) is 3.37. The number of hydrogen-bond acceptors (Lipinski definition) is 5. The summed E-state index contributed by atoms with van der Waals surface area (Å²) in [6.07, 6.45) is 5.70.